The molecule has 9 heteroatoms. The molecule has 0 aliphatic rings. The summed E-state index contributed by atoms with van der Waals surface area (Å²) >= 11 is 5.83. The third-order valence-corrected chi connectivity index (χ3v) is 4.81. The lowest BCUT2D eigenvalue weighted by Gasteiger charge is -2.09. The molecule has 0 atom stereocenters. The number of carbonyl (C=O) groups is 2. The number of aromatic hydroxyl groups is 1. The van der Waals surface area contributed by atoms with Gasteiger partial charge in [-0.2, -0.15) is 0 Å². The number of carbonyl (C=O) groups excluding carboxylic acids is 2. The molecule has 160 valence electrons. The number of phenols is 1. The summed E-state index contributed by atoms with van der Waals surface area (Å²) in [6, 6.07) is 18.2. The van der Waals surface area contributed by atoms with Crippen LogP contribution in [0.4, 0.5) is 0 Å². The zero-order valence-corrected chi connectivity index (χ0v) is 17.6. The molecule has 4 rings (SSSR count). The Hall–Kier alpha value is -4.17. The summed E-state index contributed by atoms with van der Waals surface area (Å²) in [7, 11) is 0. The summed E-state index contributed by atoms with van der Waals surface area (Å²) in [5, 5.41) is 18.2. The number of rotatable bonds is 4. The van der Waals surface area contributed by atoms with Gasteiger partial charge >= 0.3 is 0 Å². The van der Waals surface area contributed by atoms with Crippen molar-refractivity contribution in [3.05, 3.63) is 88.4 Å². The monoisotopic (exact) mass is 448 g/mol. The van der Waals surface area contributed by atoms with E-state index in [1.165, 1.54) is 18.2 Å². The predicted molar refractivity (Wildman–Crippen MR) is 118 cm³/mol. The molecule has 8 nitrogen and oxygen atoms in total. The fourth-order valence-electron chi connectivity index (χ4n) is 2.94. The summed E-state index contributed by atoms with van der Waals surface area (Å²) in [5.41, 5.74) is 7.30. The molecule has 3 aromatic carbocycles. The molecule has 1 aromatic heterocycles. The van der Waals surface area contributed by atoms with Gasteiger partial charge in [0.15, 0.2) is 0 Å². The van der Waals surface area contributed by atoms with Crippen molar-refractivity contribution in [1.82, 2.24) is 21.0 Å². The minimum atomic E-state index is -0.704. The van der Waals surface area contributed by atoms with Gasteiger partial charge in [-0.15, -0.1) is 10.2 Å². The van der Waals surface area contributed by atoms with Crippen molar-refractivity contribution in [1.29, 1.82) is 0 Å². The van der Waals surface area contributed by atoms with Crippen molar-refractivity contribution in [2.45, 2.75) is 6.92 Å². The smallest absolute Gasteiger partial charge is 0.273 e. The molecule has 2 amide bonds. The highest BCUT2D eigenvalue weighted by Gasteiger charge is 2.15. The molecular formula is C23H17ClN4O4. The van der Waals surface area contributed by atoms with Gasteiger partial charge in [0.05, 0.1) is 5.56 Å². The number of nitrogens with one attached hydrogen (secondary N) is 2. The molecule has 0 saturated carbocycles. The number of benzene rings is 3. The second-order valence-corrected chi connectivity index (χ2v) is 7.37. The maximum Gasteiger partial charge on any atom is 0.273 e. The van der Waals surface area contributed by atoms with E-state index in [1.54, 1.807) is 24.3 Å². The van der Waals surface area contributed by atoms with Crippen LogP contribution in [0.5, 0.6) is 5.75 Å². The van der Waals surface area contributed by atoms with Crippen LogP contribution < -0.4 is 10.9 Å². The van der Waals surface area contributed by atoms with Gasteiger partial charge in [-0.25, -0.2) is 0 Å². The Balaban J connectivity index is 1.42. The second-order valence-electron chi connectivity index (χ2n) is 6.93. The molecule has 0 bridgehead atoms. The highest BCUT2D eigenvalue weighted by molar-refractivity contribution is 6.31. The number of hydrazine groups is 1. The molecule has 0 aliphatic carbocycles. The van der Waals surface area contributed by atoms with Gasteiger partial charge in [0.25, 0.3) is 11.8 Å². The lowest BCUT2D eigenvalue weighted by Crippen LogP contribution is -2.41. The van der Waals surface area contributed by atoms with Crippen LogP contribution in [-0.2, 0) is 0 Å². The first kappa shape index (κ1) is 21.1. The Morgan fingerprint density at radius 1 is 0.875 bits per heavy atom. The molecule has 32 heavy (non-hydrogen) atoms. The van der Waals surface area contributed by atoms with E-state index >= 15 is 0 Å². The minimum absolute atomic E-state index is 0.0612. The number of nitrogens with zero attached hydrogens (tertiary/aromatic N) is 2. The molecule has 1 heterocycles. The Kier molecular flexibility index (Phi) is 5.87. The van der Waals surface area contributed by atoms with E-state index in [0.29, 0.717) is 22.9 Å². The third-order valence-electron chi connectivity index (χ3n) is 4.58. The summed E-state index contributed by atoms with van der Waals surface area (Å²) in [6.45, 7) is 1.98. The number of phenolic OH excluding ortho intramolecular Hbond substituents is 1. The first-order chi connectivity index (χ1) is 15.4. The number of amides is 2. The van der Waals surface area contributed by atoms with Gasteiger partial charge in [0, 0.05) is 21.7 Å². The van der Waals surface area contributed by atoms with Gasteiger partial charge in [-0.3, -0.25) is 20.4 Å². The zero-order chi connectivity index (χ0) is 22.7. The normalized spacial score (nSPS) is 10.6. The molecule has 0 unspecified atom stereocenters. The number of aromatic nitrogens is 2. The number of halogens is 1. The highest BCUT2D eigenvalue weighted by atomic mass is 35.5. The van der Waals surface area contributed by atoms with E-state index in [-0.39, 0.29) is 16.3 Å². The number of hydrogen-bond donors (Lipinski definition) is 3. The topological polar surface area (TPSA) is 117 Å². The summed E-state index contributed by atoms with van der Waals surface area (Å²) in [5.74, 6) is -0.785. The number of hydrogen-bond acceptors (Lipinski definition) is 6. The van der Waals surface area contributed by atoms with E-state index in [9.17, 15) is 14.7 Å². The van der Waals surface area contributed by atoms with Crippen molar-refractivity contribution in [2.75, 3.05) is 0 Å². The Morgan fingerprint density at radius 2 is 1.56 bits per heavy atom. The number of aryl methyl sites for hydroxylation is 1. The minimum Gasteiger partial charge on any atom is -0.507 e. The Bertz CT molecular complexity index is 1300. The standard InChI is InChI=1S/C23H17ClN4O4/c1-13-3-2-4-16(11-13)23-28-27-22(32-23)15-7-5-14(6-8-15)20(30)25-26-21(31)18-12-17(24)9-10-19(18)29/h2-12,29H,1H3,(H,25,30)(H,26,31). The summed E-state index contributed by atoms with van der Waals surface area (Å²) < 4.78 is 5.75. The fourth-order valence-corrected chi connectivity index (χ4v) is 3.11. The molecule has 0 aliphatic heterocycles. The van der Waals surface area contributed by atoms with Crippen molar-refractivity contribution >= 4 is 23.4 Å². The first-order valence-electron chi connectivity index (χ1n) is 9.51. The Labute approximate surface area is 187 Å². The molecule has 3 N–H and O–H groups in total. The molecule has 4 aromatic rings. The van der Waals surface area contributed by atoms with Crippen LogP contribution in [0.15, 0.2) is 71.1 Å². The Morgan fingerprint density at radius 3 is 2.28 bits per heavy atom. The quantitative estimate of drug-likeness (QED) is 0.404. The van der Waals surface area contributed by atoms with Crippen LogP contribution in [0, 0.1) is 6.92 Å². The lowest BCUT2D eigenvalue weighted by atomic mass is 10.1. The van der Waals surface area contributed by atoms with E-state index in [4.69, 9.17) is 16.0 Å². The average molecular weight is 449 g/mol. The molecule has 0 fully saturated rings. The highest BCUT2D eigenvalue weighted by Crippen LogP contribution is 2.25. The van der Waals surface area contributed by atoms with Crippen molar-refractivity contribution in [2.24, 2.45) is 0 Å². The predicted octanol–water partition coefficient (Wildman–Crippen LogP) is 4.15. The lowest BCUT2D eigenvalue weighted by molar-refractivity contribution is 0.0845. The van der Waals surface area contributed by atoms with Gasteiger partial charge in [0.1, 0.15) is 5.75 Å². The van der Waals surface area contributed by atoms with E-state index < -0.39 is 11.8 Å². The van der Waals surface area contributed by atoms with Crippen LogP contribution in [0.1, 0.15) is 26.3 Å². The molecule has 0 saturated heterocycles. The van der Waals surface area contributed by atoms with Crippen molar-refractivity contribution in [3.63, 3.8) is 0 Å². The maximum absolute atomic E-state index is 12.3. The summed E-state index contributed by atoms with van der Waals surface area (Å²) in [4.78, 5) is 24.5. The zero-order valence-electron chi connectivity index (χ0n) is 16.8. The van der Waals surface area contributed by atoms with Crippen LogP contribution in [0.3, 0.4) is 0 Å². The first-order valence-corrected chi connectivity index (χ1v) is 9.89. The largest absolute Gasteiger partial charge is 0.507 e. The van der Waals surface area contributed by atoms with Crippen LogP contribution in [0.2, 0.25) is 5.02 Å². The molecule has 0 spiro atoms. The molecule has 0 radical (unpaired) electrons. The average Bonchev–Trinajstić information content (AvgIpc) is 3.29. The van der Waals surface area contributed by atoms with E-state index in [2.05, 4.69) is 21.0 Å². The summed E-state index contributed by atoms with van der Waals surface area (Å²) in [6.07, 6.45) is 0. The van der Waals surface area contributed by atoms with E-state index in [1.807, 2.05) is 31.2 Å². The maximum atomic E-state index is 12.3. The van der Waals surface area contributed by atoms with Crippen LogP contribution >= 0.6 is 11.6 Å². The van der Waals surface area contributed by atoms with Gasteiger partial charge < -0.3 is 9.52 Å². The van der Waals surface area contributed by atoms with Crippen LogP contribution in [-0.4, -0.2) is 27.1 Å². The molecular weight excluding hydrogens is 432 g/mol. The SMILES string of the molecule is Cc1cccc(-c2nnc(-c3ccc(C(=O)NNC(=O)c4cc(Cl)ccc4O)cc3)o2)c1. The van der Waals surface area contributed by atoms with Crippen molar-refractivity contribution in [3.8, 4) is 28.7 Å². The third kappa shape index (κ3) is 4.60. The fraction of sp³-hybridized carbons (Fsp3) is 0.0435. The van der Waals surface area contributed by atoms with Crippen LogP contribution in [0.25, 0.3) is 22.9 Å². The van der Waals surface area contributed by atoms with Gasteiger partial charge in [0.2, 0.25) is 11.8 Å². The second kappa shape index (κ2) is 8.91. The van der Waals surface area contributed by atoms with Crippen molar-refractivity contribution < 1.29 is 19.1 Å². The van der Waals surface area contributed by atoms with E-state index in [0.717, 1.165) is 11.1 Å². The van der Waals surface area contributed by atoms with Gasteiger partial charge in [-0.1, -0.05) is 29.3 Å². The van der Waals surface area contributed by atoms with Gasteiger partial charge in [-0.05, 0) is 61.5 Å².